The van der Waals surface area contributed by atoms with Crippen molar-refractivity contribution in [1.29, 1.82) is 0 Å². The van der Waals surface area contributed by atoms with Crippen LogP contribution >= 0.6 is 11.8 Å². The van der Waals surface area contributed by atoms with Crippen molar-refractivity contribution < 1.29 is 18.1 Å². The van der Waals surface area contributed by atoms with Crippen LogP contribution in [0.3, 0.4) is 0 Å². The second-order valence-corrected chi connectivity index (χ2v) is 10.2. The summed E-state index contributed by atoms with van der Waals surface area (Å²) < 4.78 is 29.0. The zero-order valence-corrected chi connectivity index (χ0v) is 20.6. The number of benzene rings is 2. The van der Waals surface area contributed by atoms with Gasteiger partial charge in [-0.05, 0) is 32.0 Å². The Morgan fingerprint density at radius 1 is 1.15 bits per heavy atom. The molecule has 176 valence electrons. The van der Waals surface area contributed by atoms with Gasteiger partial charge in [-0.1, -0.05) is 37.7 Å². The summed E-state index contributed by atoms with van der Waals surface area (Å²) in [4.78, 5) is 28.1. The number of hydrogen-bond donors (Lipinski definition) is 0. The second kappa shape index (κ2) is 10.0. The minimum atomic E-state index is -3.61. The molecule has 0 N–H and O–H groups in total. The molecule has 0 saturated heterocycles. The fraction of sp³-hybridized carbons (Fsp3) is 0.364. The Bertz CT molecular complexity index is 1310. The third-order valence-electron chi connectivity index (χ3n) is 5.40. The molecule has 0 aliphatic carbocycles. The maximum absolute atomic E-state index is 12.9. The molecular formula is C22H26N4O5S2. The number of Topliss-reactive ketones (excluding diaryl/α,β-unsaturated/α-hetero) is 1. The SMILES string of the molecule is CCN(CC)S(=O)(=O)c1ccc2c(c1)nc(SCC(=O)c1ccc(C)c([N+](=O)[O-])c1)n2CC. The number of thioether (sulfide) groups is 1. The van der Waals surface area contributed by atoms with Crippen LogP contribution in [-0.2, 0) is 16.6 Å². The maximum atomic E-state index is 12.9. The number of hydrogen-bond acceptors (Lipinski definition) is 7. The van der Waals surface area contributed by atoms with Crippen molar-refractivity contribution in [2.75, 3.05) is 18.8 Å². The smallest absolute Gasteiger partial charge is 0.273 e. The quantitative estimate of drug-likeness (QED) is 0.180. The first kappa shape index (κ1) is 24.9. The van der Waals surface area contributed by atoms with Gasteiger partial charge in [-0.25, -0.2) is 13.4 Å². The van der Waals surface area contributed by atoms with E-state index in [1.54, 1.807) is 51.1 Å². The summed E-state index contributed by atoms with van der Waals surface area (Å²) in [5.41, 5.74) is 1.98. The van der Waals surface area contributed by atoms with Gasteiger partial charge in [0.1, 0.15) is 0 Å². The van der Waals surface area contributed by atoms with Gasteiger partial charge < -0.3 is 4.57 Å². The van der Waals surface area contributed by atoms with Gasteiger partial charge in [0.25, 0.3) is 5.69 Å². The van der Waals surface area contributed by atoms with Crippen LogP contribution in [0.25, 0.3) is 11.0 Å². The number of ketones is 1. The van der Waals surface area contributed by atoms with Gasteiger partial charge in [-0.15, -0.1) is 0 Å². The number of carbonyl (C=O) groups is 1. The molecule has 0 amide bonds. The van der Waals surface area contributed by atoms with E-state index >= 15 is 0 Å². The van der Waals surface area contributed by atoms with E-state index in [0.717, 1.165) is 5.52 Å². The highest BCUT2D eigenvalue weighted by molar-refractivity contribution is 7.99. The Balaban J connectivity index is 1.89. The first-order valence-corrected chi connectivity index (χ1v) is 13.0. The van der Waals surface area contributed by atoms with Gasteiger partial charge in [0.15, 0.2) is 10.9 Å². The fourth-order valence-corrected chi connectivity index (χ4v) is 6.02. The molecule has 33 heavy (non-hydrogen) atoms. The Hall–Kier alpha value is -2.76. The van der Waals surface area contributed by atoms with Crippen LogP contribution in [0, 0.1) is 17.0 Å². The molecule has 3 aromatic rings. The summed E-state index contributed by atoms with van der Waals surface area (Å²) in [5.74, 6) is -0.198. The van der Waals surface area contributed by atoms with Crippen LogP contribution in [0.4, 0.5) is 5.69 Å². The van der Waals surface area contributed by atoms with E-state index in [9.17, 15) is 23.3 Å². The molecule has 11 heteroatoms. The highest BCUT2D eigenvalue weighted by Gasteiger charge is 2.23. The monoisotopic (exact) mass is 490 g/mol. The number of rotatable bonds is 10. The van der Waals surface area contributed by atoms with E-state index in [1.165, 1.54) is 22.1 Å². The largest absolute Gasteiger partial charge is 0.319 e. The number of aryl methyl sites for hydroxylation is 2. The molecule has 1 aromatic heterocycles. The number of nitro groups is 1. The van der Waals surface area contributed by atoms with Crippen molar-refractivity contribution in [3.63, 3.8) is 0 Å². The third-order valence-corrected chi connectivity index (χ3v) is 8.43. The van der Waals surface area contributed by atoms with Crippen molar-refractivity contribution in [2.45, 2.75) is 44.3 Å². The maximum Gasteiger partial charge on any atom is 0.273 e. The molecule has 0 atom stereocenters. The number of fused-ring (bicyclic) bond motifs is 1. The van der Waals surface area contributed by atoms with E-state index in [-0.39, 0.29) is 27.7 Å². The van der Waals surface area contributed by atoms with Gasteiger partial charge in [0, 0.05) is 36.8 Å². The predicted molar refractivity (Wildman–Crippen MR) is 128 cm³/mol. The highest BCUT2D eigenvalue weighted by Crippen LogP contribution is 2.28. The Labute approximate surface area is 197 Å². The van der Waals surface area contributed by atoms with Gasteiger partial charge in [0.05, 0.1) is 26.6 Å². The molecule has 2 aromatic carbocycles. The van der Waals surface area contributed by atoms with Gasteiger partial charge in [0.2, 0.25) is 10.0 Å². The summed E-state index contributed by atoms with van der Waals surface area (Å²) >= 11 is 1.22. The van der Waals surface area contributed by atoms with Crippen molar-refractivity contribution in [3.8, 4) is 0 Å². The van der Waals surface area contributed by atoms with Crippen molar-refractivity contribution >= 4 is 44.3 Å². The highest BCUT2D eigenvalue weighted by atomic mass is 32.2. The van der Waals surface area contributed by atoms with E-state index in [2.05, 4.69) is 4.98 Å². The number of imidazole rings is 1. The standard InChI is InChI=1S/C22H26N4O5S2/c1-5-24(6-2)33(30,31)17-10-11-19-18(13-17)23-22(25(19)7-3)32-14-21(27)16-9-8-15(4)20(12-16)26(28)29/h8-13H,5-7,14H2,1-4H3. The molecule has 0 unspecified atom stereocenters. The molecule has 0 spiro atoms. The molecule has 3 rings (SSSR count). The lowest BCUT2D eigenvalue weighted by atomic mass is 10.1. The number of nitrogens with zero attached hydrogens (tertiary/aromatic N) is 4. The van der Waals surface area contributed by atoms with Crippen molar-refractivity contribution in [3.05, 3.63) is 57.6 Å². The summed E-state index contributed by atoms with van der Waals surface area (Å²) in [6.07, 6.45) is 0. The van der Waals surface area contributed by atoms with Crippen LogP contribution in [-0.4, -0.2) is 51.8 Å². The number of sulfonamides is 1. The molecule has 0 aliphatic rings. The van der Waals surface area contributed by atoms with Gasteiger partial charge >= 0.3 is 0 Å². The molecule has 0 fully saturated rings. The van der Waals surface area contributed by atoms with Gasteiger partial charge in [-0.2, -0.15) is 4.31 Å². The van der Waals surface area contributed by atoms with Crippen LogP contribution in [0.1, 0.15) is 36.7 Å². The molecular weight excluding hydrogens is 464 g/mol. The van der Waals surface area contributed by atoms with E-state index < -0.39 is 14.9 Å². The number of nitro benzene ring substituents is 1. The Morgan fingerprint density at radius 3 is 2.45 bits per heavy atom. The van der Waals surface area contributed by atoms with Gasteiger partial charge in [-0.3, -0.25) is 14.9 Å². The summed E-state index contributed by atoms with van der Waals surface area (Å²) in [6.45, 7) is 8.49. The molecule has 0 saturated carbocycles. The zero-order valence-electron chi connectivity index (χ0n) is 18.9. The summed E-state index contributed by atoms with van der Waals surface area (Å²) in [7, 11) is -3.61. The number of aromatic nitrogens is 2. The summed E-state index contributed by atoms with van der Waals surface area (Å²) in [5, 5.41) is 11.8. The second-order valence-electron chi connectivity index (χ2n) is 7.35. The molecule has 0 radical (unpaired) electrons. The minimum Gasteiger partial charge on any atom is -0.319 e. The van der Waals surface area contributed by atoms with E-state index in [1.807, 2.05) is 11.5 Å². The molecule has 1 heterocycles. The third kappa shape index (κ3) is 4.94. The average molecular weight is 491 g/mol. The van der Waals surface area contributed by atoms with Crippen molar-refractivity contribution in [2.24, 2.45) is 0 Å². The number of carbonyl (C=O) groups excluding carboxylic acids is 1. The summed E-state index contributed by atoms with van der Waals surface area (Å²) in [6, 6.07) is 9.32. The first-order valence-electron chi connectivity index (χ1n) is 10.5. The fourth-order valence-electron chi connectivity index (χ4n) is 3.57. The Kier molecular flexibility index (Phi) is 7.55. The zero-order chi connectivity index (χ0) is 24.3. The normalized spacial score (nSPS) is 11.9. The predicted octanol–water partition coefficient (Wildman–Crippen LogP) is 4.28. The topological polar surface area (TPSA) is 115 Å². The molecule has 0 bridgehead atoms. The molecule has 9 nitrogen and oxygen atoms in total. The first-order chi connectivity index (χ1) is 15.6. The lowest BCUT2D eigenvalue weighted by Gasteiger charge is -2.18. The van der Waals surface area contributed by atoms with Crippen molar-refractivity contribution in [1.82, 2.24) is 13.9 Å². The lowest BCUT2D eigenvalue weighted by Crippen LogP contribution is -2.30. The van der Waals surface area contributed by atoms with E-state index in [0.29, 0.717) is 35.9 Å². The van der Waals surface area contributed by atoms with Crippen LogP contribution in [0.15, 0.2) is 46.5 Å². The lowest BCUT2D eigenvalue weighted by molar-refractivity contribution is -0.385. The minimum absolute atomic E-state index is 0.0497. The van der Waals surface area contributed by atoms with Crippen LogP contribution in [0.2, 0.25) is 0 Å². The van der Waals surface area contributed by atoms with Crippen LogP contribution < -0.4 is 0 Å². The average Bonchev–Trinajstić information content (AvgIpc) is 3.14. The Morgan fingerprint density at radius 2 is 1.85 bits per heavy atom. The van der Waals surface area contributed by atoms with E-state index in [4.69, 9.17) is 0 Å². The molecule has 0 aliphatic heterocycles. The van der Waals surface area contributed by atoms with Crippen LogP contribution in [0.5, 0.6) is 0 Å².